The van der Waals surface area contributed by atoms with Gasteiger partial charge in [0.15, 0.2) is 5.58 Å². The topological polar surface area (TPSA) is 75.4 Å². The zero-order chi connectivity index (χ0) is 17.4. The number of oxazole rings is 1. The van der Waals surface area contributed by atoms with Gasteiger partial charge in [0.1, 0.15) is 5.52 Å². The van der Waals surface area contributed by atoms with Crippen LogP contribution in [0.15, 0.2) is 10.5 Å². The molecule has 2 aromatic rings. The number of hydrogen-bond acceptors (Lipinski definition) is 4. The highest BCUT2D eigenvalue weighted by Crippen LogP contribution is 2.30. The van der Waals surface area contributed by atoms with Gasteiger partial charge in [0, 0.05) is 31.0 Å². The van der Waals surface area contributed by atoms with E-state index < -0.39 is 0 Å². The van der Waals surface area contributed by atoms with Gasteiger partial charge in [-0.15, -0.1) is 0 Å². The molecule has 0 bridgehead atoms. The third-order valence-electron chi connectivity index (χ3n) is 4.57. The van der Waals surface area contributed by atoms with Crippen molar-refractivity contribution in [2.75, 3.05) is 18.4 Å². The van der Waals surface area contributed by atoms with E-state index in [1.807, 2.05) is 19.9 Å². The summed E-state index contributed by atoms with van der Waals surface area (Å²) in [7, 11) is 0. The summed E-state index contributed by atoms with van der Waals surface area (Å²) in [5.41, 5.74) is 3.02. The van der Waals surface area contributed by atoms with Gasteiger partial charge in [0.25, 0.3) is 0 Å². The predicted octanol–water partition coefficient (Wildman–Crippen LogP) is 3.30. The van der Waals surface area contributed by atoms with Crippen molar-refractivity contribution in [3.05, 3.63) is 22.2 Å². The molecular formula is C17H20ClN3O3. The Labute approximate surface area is 145 Å². The molecule has 1 aromatic heterocycles. The van der Waals surface area contributed by atoms with Crippen LogP contribution < -0.4 is 5.32 Å². The van der Waals surface area contributed by atoms with E-state index in [0.29, 0.717) is 42.1 Å². The summed E-state index contributed by atoms with van der Waals surface area (Å²) in [6.07, 6.45) is 1.30. The monoisotopic (exact) mass is 349 g/mol. The van der Waals surface area contributed by atoms with Crippen molar-refractivity contribution in [1.82, 2.24) is 9.88 Å². The zero-order valence-electron chi connectivity index (χ0n) is 14.0. The molecular weight excluding hydrogens is 330 g/mol. The lowest BCUT2D eigenvalue weighted by Gasteiger charge is -2.30. The Hall–Kier alpha value is -2.08. The van der Waals surface area contributed by atoms with Gasteiger partial charge in [0.05, 0.1) is 0 Å². The highest BCUT2D eigenvalue weighted by Gasteiger charge is 2.27. The van der Waals surface area contributed by atoms with Gasteiger partial charge >= 0.3 is 6.01 Å². The van der Waals surface area contributed by atoms with Crippen molar-refractivity contribution < 1.29 is 14.0 Å². The lowest BCUT2D eigenvalue weighted by molar-refractivity contribution is -0.132. The summed E-state index contributed by atoms with van der Waals surface area (Å²) in [6.45, 7) is 6.54. The smallest absolute Gasteiger partial charge is 0.302 e. The first-order chi connectivity index (χ1) is 11.4. The van der Waals surface area contributed by atoms with E-state index >= 15 is 0 Å². The summed E-state index contributed by atoms with van der Waals surface area (Å²) in [5.74, 6) is -0.206. The minimum Gasteiger partial charge on any atom is -0.423 e. The number of nitrogens with one attached hydrogen (secondary N) is 1. The van der Waals surface area contributed by atoms with Crippen LogP contribution in [0.2, 0.25) is 5.02 Å². The van der Waals surface area contributed by atoms with Gasteiger partial charge in [-0.2, -0.15) is 4.98 Å². The Kier molecular flexibility index (Phi) is 4.49. The molecule has 1 N–H and O–H groups in total. The van der Waals surface area contributed by atoms with E-state index in [2.05, 4.69) is 10.3 Å². The number of carbonyl (C=O) groups is 2. The van der Waals surface area contributed by atoms with Crippen molar-refractivity contribution in [3.8, 4) is 0 Å². The molecule has 0 atom stereocenters. The predicted molar refractivity (Wildman–Crippen MR) is 92.1 cm³/mol. The number of fused-ring (bicyclic) bond motifs is 1. The molecule has 1 fully saturated rings. The molecule has 24 heavy (non-hydrogen) atoms. The van der Waals surface area contributed by atoms with E-state index in [4.69, 9.17) is 16.0 Å². The molecule has 1 aliphatic heterocycles. The molecule has 0 spiro atoms. The Morgan fingerprint density at radius 2 is 2.00 bits per heavy atom. The fourth-order valence-electron chi connectivity index (χ4n) is 3.08. The van der Waals surface area contributed by atoms with Crippen LogP contribution in [0, 0.1) is 19.8 Å². The van der Waals surface area contributed by atoms with Crippen LogP contribution >= 0.6 is 11.6 Å². The second-order valence-corrected chi connectivity index (χ2v) is 6.65. The maximum absolute atomic E-state index is 12.4. The largest absolute Gasteiger partial charge is 0.423 e. The first-order valence-electron chi connectivity index (χ1n) is 7.99. The van der Waals surface area contributed by atoms with Crippen LogP contribution in [-0.2, 0) is 9.59 Å². The van der Waals surface area contributed by atoms with Crippen LogP contribution in [0.3, 0.4) is 0 Å². The number of amides is 2. The summed E-state index contributed by atoms with van der Waals surface area (Å²) in [5, 5.41) is 3.41. The number of hydrogen-bond donors (Lipinski definition) is 1. The normalized spacial score (nSPS) is 15.8. The lowest BCUT2D eigenvalue weighted by atomic mass is 9.96. The average molecular weight is 350 g/mol. The second-order valence-electron chi connectivity index (χ2n) is 6.27. The molecule has 128 valence electrons. The van der Waals surface area contributed by atoms with E-state index in [0.717, 1.165) is 11.1 Å². The zero-order valence-corrected chi connectivity index (χ0v) is 14.7. The quantitative estimate of drug-likeness (QED) is 0.902. The Bertz CT molecular complexity index is 807. The number of rotatable bonds is 2. The van der Waals surface area contributed by atoms with Crippen LogP contribution in [-0.4, -0.2) is 34.8 Å². The number of aryl methyl sites for hydroxylation is 2. The number of piperidine rings is 1. The molecule has 1 saturated heterocycles. The third-order valence-corrected chi connectivity index (χ3v) is 5.15. The van der Waals surface area contributed by atoms with Crippen molar-refractivity contribution in [3.63, 3.8) is 0 Å². The standard InChI is InChI=1S/C17H20ClN3O3/c1-9-8-13-15(10(2)14(9)18)19-17(24-13)20-16(23)12-4-6-21(7-5-12)11(3)22/h8,12H,4-7H2,1-3H3,(H,19,20,23). The summed E-state index contributed by atoms with van der Waals surface area (Å²) < 4.78 is 5.64. The number of nitrogens with zero attached hydrogens (tertiary/aromatic N) is 2. The molecule has 2 heterocycles. The molecule has 7 heteroatoms. The van der Waals surface area contributed by atoms with Gasteiger partial charge in [-0.1, -0.05) is 11.6 Å². The first-order valence-corrected chi connectivity index (χ1v) is 8.37. The van der Waals surface area contributed by atoms with Gasteiger partial charge < -0.3 is 9.32 Å². The molecule has 3 rings (SSSR count). The van der Waals surface area contributed by atoms with Gasteiger partial charge in [0.2, 0.25) is 11.8 Å². The number of carbonyl (C=O) groups excluding carboxylic acids is 2. The van der Waals surface area contributed by atoms with E-state index in [1.54, 1.807) is 11.8 Å². The Morgan fingerprint density at radius 1 is 1.33 bits per heavy atom. The minimum absolute atomic E-state index is 0.0514. The lowest BCUT2D eigenvalue weighted by Crippen LogP contribution is -2.40. The molecule has 0 unspecified atom stereocenters. The SMILES string of the molecule is CC(=O)N1CCC(C(=O)Nc2nc3c(C)c(Cl)c(C)cc3o2)CC1. The molecule has 6 nitrogen and oxygen atoms in total. The van der Waals surface area contributed by atoms with E-state index in [-0.39, 0.29) is 23.7 Å². The van der Waals surface area contributed by atoms with Gasteiger partial charge in [-0.05, 0) is 43.9 Å². The van der Waals surface area contributed by atoms with Crippen LogP contribution in [0.5, 0.6) is 0 Å². The molecule has 2 amide bonds. The fourth-order valence-corrected chi connectivity index (χ4v) is 3.22. The third kappa shape index (κ3) is 3.11. The van der Waals surface area contributed by atoms with E-state index in [1.165, 1.54) is 0 Å². The van der Waals surface area contributed by atoms with Crippen molar-refractivity contribution in [2.45, 2.75) is 33.6 Å². The summed E-state index contributed by atoms with van der Waals surface area (Å²) >= 11 is 6.23. The second kappa shape index (κ2) is 6.43. The molecule has 0 aliphatic carbocycles. The average Bonchev–Trinajstić information content (AvgIpc) is 2.95. The van der Waals surface area contributed by atoms with Crippen molar-refractivity contribution in [2.24, 2.45) is 5.92 Å². The molecule has 0 saturated carbocycles. The van der Waals surface area contributed by atoms with Crippen LogP contribution in [0.1, 0.15) is 30.9 Å². The van der Waals surface area contributed by atoms with Gasteiger partial charge in [-0.25, -0.2) is 0 Å². The number of aromatic nitrogens is 1. The maximum atomic E-state index is 12.4. The molecule has 1 aliphatic rings. The highest BCUT2D eigenvalue weighted by atomic mass is 35.5. The van der Waals surface area contributed by atoms with E-state index in [9.17, 15) is 9.59 Å². The van der Waals surface area contributed by atoms with Crippen LogP contribution in [0.25, 0.3) is 11.1 Å². The van der Waals surface area contributed by atoms with Crippen molar-refractivity contribution in [1.29, 1.82) is 0 Å². The Balaban J connectivity index is 1.72. The van der Waals surface area contributed by atoms with Crippen molar-refractivity contribution >= 4 is 40.5 Å². The molecule has 0 radical (unpaired) electrons. The minimum atomic E-state index is -0.137. The summed E-state index contributed by atoms with van der Waals surface area (Å²) in [4.78, 5) is 29.8. The first kappa shape index (κ1) is 16.8. The maximum Gasteiger partial charge on any atom is 0.302 e. The summed E-state index contributed by atoms with van der Waals surface area (Å²) in [6, 6.07) is 2.01. The number of anilines is 1. The Morgan fingerprint density at radius 3 is 2.62 bits per heavy atom. The number of benzene rings is 1. The molecule has 1 aromatic carbocycles. The van der Waals surface area contributed by atoms with Crippen LogP contribution in [0.4, 0.5) is 6.01 Å². The number of likely N-dealkylation sites (tertiary alicyclic amines) is 1. The fraction of sp³-hybridized carbons (Fsp3) is 0.471. The number of halogens is 1. The van der Waals surface area contributed by atoms with Gasteiger partial charge in [-0.3, -0.25) is 14.9 Å². The highest BCUT2D eigenvalue weighted by molar-refractivity contribution is 6.33.